The molecule has 3 aromatic rings. The Morgan fingerprint density at radius 1 is 0.969 bits per heavy atom. The summed E-state index contributed by atoms with van der Waals surface area (Å²) in [7, 11) is 1.99. The lowest BCUT2D eigenvalue weighted by Crippen LogP contribution is -2.51. The van der Waals surface area contributed by atoms with Gasteiger partial charge in [-0.1, -0.05) is 36.4 Å². The van der Waals surface area contributed by atoms with Gasteiger partial charge in [0, 0.05) is 26.2 Å². The van der Waals surface area contributed by atoms with Gasteiger partial charge in [0.1, 0.15) is 0 Å². The maximum atomic E-state index is 13.3. The van der Waals surface area contributed by atoms with E-state index in [0.29, 0.717) is 18.8 Å². The van der Waals surface area contributed by atoms with Crippen molar-refractivity contribution in [1.29, 1.82) is 0 Å². The van der Waals surface area contributed by atoms with Gasteiger partial charge in [0.15, 0.2) is 0 Å². The summed E-state index contributed by atoms with van der Waals surface area (Å²) in [5.41, 5.74) is 1.80. The standard InChI is InChI=1S/C24H27N5O3/c1-17-7-6-10-20(15-17)29-24(32)28(16-19-9-5-4-8-18(19)2)23(31)21(25-29)22(30)27-13-11-26(3)12-14-27/h4-10,15H,11-14,16H2,1-3H3. The summed E-state index contributed by atoms with van der Waals surface area (Å²) in [5.74, 6) is -0.442. The third-order valence-corrected chi connectivity index (χ3v) is 5.89. The van der Waals surface area contributed by atoms with Gasteiger partial charge in [0.25, 0.3) is 11.5 Å². The van der Waals surface area contributed by atoms with Crippen molar-refractivity contribution in [2.24, 2.45) is 0 Å². The molecule has 0 radical (unpaired) electrons. The Hall–Kier alpha value is -3.52. The fourth-order valence-corrected chi connectivity index (χ4v) is 3.83. The van der Waals surface area contributed by atoms with E-state index in [1.54, 1.807) is 17.0 Å². The molecule has 32 heavy (non-hydrogen) atoms. The average molecular weight is 434 g/mol. The molecule has 0 spiro atoms. The topological polar surface area (TPSA) is 80.4 Å². The normalized spacial score (nSPS) is 14.5. The highest BCUT2D eigenvalue weighted by Crippen LogP contribution is 2.10. The number of likely N-dealkylation sites (N-methyl/N-ethyl adjacent to an activating group) is 1. The Kier molecular flexibility index (Phi) is 6.05. The lowest BCUT2D eigenvalue weighted by molar-refractivity contribution is 0.0652. The second kappa shape index (κ2) is 8.92. The zero-order valence-electron chi connectivity index (χ0n) is 18.6. The molecule has 2 heterocycles. The van der Waals surface area contributed by atoms with E-state index in [1.165, 1.54) is 0 Å². The van der Waals surface area contributed by atoms with Crippen molar-refractivity contribution in [3.8, 4) is 5.69 Å². The summed E-state index contributed by atoms with van der Waals surface area (Å²) in [6, 6.07) is 14.9. The van der Waals surface area contributed by atoms with Crippen molar-refractivity contribution < 1.29 is 4.79 Å². The van der Waals surface area contributed by atoms with Crippen LogP contribution in [0.5, 0.6) is 0 Å². The number of carbonyl (C=O) groups is 1. The van der Waals surface area contributed by atoms with Crippen LogP contribution < -0.4 is 11.2 Å². The molecule has 8 nitrogen and oxygen atoms in total. The number of rotatable bonds is 4. The molecule has 0 bridgehead atoms. The summed E-state index contributed by atoms with van der Waals surface area (Å²) in [4.78, 5) is 43.7. The molecule has 1 amide bonds. The smallest absolute Gasteiger partial charge is 0.335 e. The fourth-order valence-electron chi connectivity index (χ4n) is 3.83. The van der Waals surface area contributed by atoms with Crippen LogP contribution in [0.3, 0.4) is 0 Å². The van der Waals surface area contributed by atoms with Gasteiger partial charge >= 0.3 is 5.69 Å². The van der Waals surface area contributed by atoms with E-state index in [9.17, 15) is 14.4 Å². The third kappa shape index (κ3) is 4.27. The van der Waals surface area contributed by atoms with E-state index < -0.39 is 17.2 Å². The van der Waals surface area contributed by atoms with Crippen LogP contribution in [0.4, 0.5) is 0 Å². The van der Waals surface area contributed by atoms with Crippen molar-refractivity contribution >= 4 is 5.91 Å². The molecule has 1 aromatic heterocycles. The van der Waals surface area contributed by atoms with Gasteiger partial charge in [-0.15, -0.1) is 0 Å². The Labute approximate surface area is 186 Å². The van der Waals surface area contributed by atoms with Gasteiger partial charge in [-0.3, -0.25) is 14.2 Å². The minimum Gasteiger partial charge on any atom is -0.335 e. The van der Waals surface area contributed by atoms with Gasteiger partial charge in [-0.05, 0) is 49.7 Å². The molecule has 2 aromatic carbocycles. The maximum Gasteiger partial charge on any atom is 0.352 e. The molecule has 0 atom stereocenters. The van der Waals surface area contributed by atoms with Crippen LogP contribution in [0.1, 0.15) is 27.2 Å². The first kappa shape index (κ1) is 21.7. The van der Waals surface area contributed by atoms with Crippen LogP contribution in [-0.2, 0) is 6.54 Å². The van der Waals surface area contributed by atoms with Crippen LogP contribution >= 0.6 is 0 Å². The lowest BCUT2D eigenvalue weighted by Gasteiger charge is -2.32. The number of aryl methyl sites for hydroxylation is 2. The number of hydrogen-bond donors (Lipinski definition) is 0. The predicted molar refractivity (Wildman–Crippen MR) is 123 cm³/mol. The fraction of sp³-hybridized carbons (Fsp3) is 0.333. The molecule has 4 rings (SSSR count). The third-order valence-electron chi connectivity index (χ3n) is 5.89. The quantitative estimate of drug-likeness (QED) is 0.622. The second-order valence-electron chi connectivity index (χ2n) is 8.30. The van der Waals surface area contributed by atoms with E-state index in [0.717, 1.165) is 39.0 Å². The highest BCUT2D eigenvalue weighted by atomic mass is 16.2. The molecule has 1 aliphatic heterocycles. The van der Waals surface area contributed by atoms with Crippen LogP contribution in [0.15, 0.2) is 58.1 Å². The Morgan fingerprint density at radius 3 is 2.38 bits per heavy atom. The number of hydrogen-bond acceptors (Lipinski definition) is 5. The monoisotopic (exact) mass is 433 g/mol. The van der Waals surface area contributed by atoms with Crippen molar-refractivity contribution in [1.82, 2.24) is 24.1 Å². The van der Waals surface area contributed by atoms with Gasteiger partial charge in [-0.25, -0.2) is 4.79 Å². The number of piperazine rings is 1. The molecule has 1 fully saturated rings. The molecular weight excluding hydrogens is 406 g/mol. The summed E-state index contributed by atoms with van der Waals surface area (Å²) < 4.78 is 2.27. The average Bonchev–Trinajstić information content (AvgIpc) is 2.78. The molecule has 8 heteroatoms. The zero-order valence-corrected chi connectivity index (χ0v) is 18.6. The van der Waals surface area contributed by atoms with Crippen LogP contribution in [-0.4, -0.2) is 63.3 Å². The van der Waals surface area contributed by atoms with Crippen molar-refractivity contribution in [3.63, 3.8) is 0 Å². The SMILES string of the molecule is Cc1cccc(-n2nc(C(=O)N3CCN(C)CC3)c(=O)n(Cc3ccccc3C)c2=O)c1. The maximum absolute atomic E-state index is 13.3. The van der Waals surface area contributed by atoms with E-state index in [2.05, 4.69) is 10.00 Å². The molecule has 166 valence electrons. The second-order valence-corrected chi connectivity index (χ2v) is 8.30. The van der Waals surface area contributed by atoms with Crippen molar-refractivity contribution in [3.05, 3.63) is 91.8 Å². The molecule has 0 N–H and O–H groups in total. The van der Waals surface area contributed by atoms with Gasteiger partial charge in [-0.2, -0.15) is 9.78 Å². The number of nitrogens with zero attached hydrogens (tertiary/aromatic N) is 5. The summed E-state index contributed by atoms with van der Waals surface area (Å²) in [5, 5.41) is 4.27. The zero-order chi connectivity index (χ0) is 22.8. The minimum atomic E-state index is -0.661. The number of amides is 1. The number of aromatic nitrogens is 3. The van der Waals surface area contributed by atoms with E-state index in [-0.39, 0.29) is 12.2 Å². The largest absolute Gasteiger partial charge is 0.352 e. The first-order chi connectivity index (χ1) is 15.3. The Balaban J connectivity index is 1.87. The lowest BCUT2D eigenvalue weighted by atomic mass is 10.1. The van der Waals surface area contributed by atoms with Crippen LogP contribution in [0.25, 0.3) is 5.69 Å². The minimum absolute atomic E-state index is 0.0711. The molecular formula is C24H27N5O3. The Morgan fingerprint density at radius 2 is 1.69 bits per heavy atom. The highest BCUT2D eigenvalue weighted by molar-refractivity contribution is 5.92. The first-order valence-electron chi connectivity index (χ1n) is 10.7. The predicted octanol–water partition coefficient (Wildman–Crippen LogP) is 1.45. The van der Waals surface area contributed by atoms with E-state index in [1.807, 2.05) is 57.3 Å². The Bertz CT molecular complexity index is 1270. The van der Waals surface area contributed by atoms with Gasteiger partial charge < -0.3 is 9.80 Å². The molecule has 0 unspecified atom stereocenters. The molecule has 0 saturated carbocycles. The molecule has 1 saturated heterocycles. The van der Waals surface area contributed by atoms with Gasteiger partial charge in [0.05, 0.1) is 12.2 Å². The molecule has 0 aliphatic carbocycles. The van der Waals surface area contributed by atoms with Crippen molar-refractivity contribution in [2.75, 3.05) is 33.2 Å². The molecule has 1 aliphatic rings. The van der Waals surface area contributed by atoms with Crippen LogP contribution in [0, 0.1) is 13.8 Å². The first-order valence-corrected chi connectivity index (χ1v) is 10.7. The summed E-state index contributed by atoms with van der Waals surface area (Å²) >= 11 is 0. The summed E-state index contributed by atoms with van der Waals surface area (Å²) in [6.45, 7) is 6.38. The van der Waals surface area contributed by atoms with Crippen molar-refractivity contribution in [2.45, 2.75) is 20.4 Å². The van der Waals surface area contributed by atoms with E-state index >= 15 is 0 Å². The van der Waals surface area contributed by atoms with Crippen LogP contribution in [0.2, 0.25) is 0 Å². The number of benzene rings is 2. The van der Waals surface area contributed by atoms with E-state index in [4.69, 9.17) is 0 Å². The summed E-state index contributed by atoms with van der Waals surface area (Å²) in [6.07, 6.45) is 0. The van der Waals surface area contributed by atoms with Gasteiger partial charge in [0.2, 0.25) is 5.69 Å². The highest BCUT2D eigenvalue weighted by Gasteiger charge is 2.27. The number of carbonyl (C=O) groups excluding carboxylic acids is 1.